The van der Waals surface area contributed by atoms with Gasteiger partial charge in [-0.3, -0.25) is 4.79 Å². The summed E-state index contributed by atoms with van der Waals surface area (Å²) in [7, 11) is 0. The Balaban J connectivity index is 2.09. The van der Waals surface area contributed by atoms with Crippen LogP contribution in [0, 0.1) is 5.82 Å². The molecule has 1 amide bonds. The molecule has 0 aliphatic rings. The Labute approximate surface area is 120 Å². The van der Waals surface area contributed by atoms with Gasteiger partial charge < -0.3 is 5.73 Å². The van der Waals surface area contributed by atoms with Gasteiger partial charge in [0.2, 0.25) is 0 Å². The molecule has 102 valence electrons. The molecule has 2 aromatic carbocycles. The van der Waals surface area contributed by atoms with Gasteiger partial charge in [-0.1, -0.05) is 23.7 Å². The van der Waals surface area contributed by atoms with E-state index in [0.717, 1.165) is 6.21 Å². The van der Waals surface area contributed by atoms with Crippen LogP contribution in [0.1, 0.15) is 15.9 Å². The lowest BCUT2D eigenvalue weighted by Gasteiger charge is -2.02. The lowest BCUT2D eigenvalue weighted by molar-refractivity contribution is 0.0955. The van der Waals surface area contributed by atoms with Crippen molar-refractivity contribution in [2.45, 2.75) is 0 Å². The number of rotatable bonds is 3. The maximum absolute atomic E-state index is 13.4. The van der Waals surface area contributed by atoms with Gasteiger partial charge in [0.1, 0.15) is 5.82 Å². The third-order valence-corrected chi connectivity index (χ3v) is 2.84. The largest absolute Gasteiger partial charge is 0.399 e. The number of hydrogen-bond acceptors (Lipinski definition) is 3. The number of carbonyl (C=O) groups is 1. The van der Waals surface area contributed by atoms with E-state index in [4.69, 9.17) is 17.3 Å². The van der Waals surface area contributed by atoms with E-state index in [1.165, 1.54) is 24.3 Å². The minimum absolute atomic E-state index is 0.113. The normalized spacial score (nSPS) is 10.7. The molecule has 0 aliphatic carbocycles. The Morgan fingerprint density at radius 2 is 2.05 bits per heavy atom. The molecule has 0 aromatic heterocycles. The quantitative estimate of drug-likeness (QED) is 0.519. The fraction of sp³-hybridized carbons (Fsp3) is 0. The molecule has 0 saturated heterocycles. The highest BCUT2D eigenvalue weighted by molar-refractivity contribution is 6.33. The summed E-state index contributed by atoms with van der Waals surface area (Å²) >= 11 is 5.82. The van der Waals surface area contributed by atoms with Crippen LogP contribution in [0.15, 0.2) is 47.6 Å². The fourth-order valence-corrected chi connectivity index (χ4v) is 1.75. The molecule has 0 atom stereocenters. The second-order valence-corrected chi connectivity index (χ2v) is 4.37. The number of hydrazone groups is 1. The second-order valence-electron chi connectivity index (χ2n) is 3.96. The van der Waals surface area contributed by atoms with E-state index in [1.54, 1.807) is 18.2 Å². The zero-order valence-electron chi connectivity index (χ0n) is 10.3. The highest BCUT2D eigenvalue weighted by Gasteiger charge is 2.06. The molecule has 2 rings (SSSR count). The third kappa shape index (κ3) is 3.33. The first-order chi connectivity index (χ1) is 9.58. The van der Waals surface area contributed by atoms with E-state index in [2.05, 4.69) is 10.5 Å². The van der Waals surface area contributed by atoms with Crippen molar-refractivity contribution < 1.29 is 9.18 Å². The Hall–Kier alpha value is -2.40. The highest BCUT2D eigenvalue weighted by atomic mass is 35.5. The first kappa shape index (κ1) is 14.0. The lowest BCUT2D eigenvalue weighted by atomic mass is 10.2. The highest BCUT2D eigenvalue weighted by Crippen LogP contribution is 2.16. The molecule has 0 aliphatic heterocycles. The molecule has 3 N–H and O–H groups in total. The topological polar surface area (TPSA) is 67.5 Å². The van der Waals surface area contributed by atoms with Crippen LogP contribution in [-0.2, 0) is 0 Å². The standard InChI is InChI=1S/C14H11ClFN3O/c15-12-5-2-6-13(16)11(12)8-18-19-14(20)9-3-1-4-10(17)7-9/h1-8H,17H2,(H,19,20)/b18-8-. The Morgan fingerprint density at radius 1 is 1.30 bits per heavy atom. The number of amides is 1. The zero-order chi connectivity index (χ0) is 14.5. The number of nitrogens with zero attached hydrogens (tertiary/aromatic N) is 1. The van der Waals surface area contributed by atoms with Crippen LogP contribution in [0.2, 0.25) is 5.02 Å². The van der Waals surface area contributed by atoms with E-state index in [1.807, 2.05) is 0 Å². The van der Waals surface area contributed by atoms with E-state index >= 15 is 0 Å². The Bertz CT molecular complexity index is 653. The molecule has 0 saturated carbocycles. The molecule has 0 unspecified atom stereocenters. The molecular weight excluding hydrogens is 281 g/mol. The molecular formula is C14H11ClFN3O. The summed E-state index contributed by atoms with van der Waals surface area (Å²) in [6, 6.07) is 10.7. The Kier molecular flexibility index (Phi) is 4.32. The van der Waals surface area contributed by atoms with Crippen molar-refractivity contribution in [1.82, 2.24) is 5.43 Å². The fourth-order valence-electron chi connectivity index (χ4n) is 1.53. The monoisotopic (exact) mass is 291 g/mol. The first-order valence-corrected chi connectivity index (χ1v) is 6.08. The van der Waals surface area contributed by atoms with Gasteiger partial charge in [-0.2, -0.15) is 5.10 Å². The summed E-state index contributed by atoms with van der Waals surface area (Å²) < 4.78 is 13.4. The van der Waals surface area contributed by atoms with Gasteiger partial charge >= 0.3 is 0 Å². The van der Waals surface area contributed by atoms with Gasteiger partial charge in [-0.25, -0.2) is 9.82 Å². The van der Waals surface area contributed by atoms with Gasteiger partial charge in [0, 0.05) is 16.8 Å². The van der Waals surface area contributed by atoms with Crippen molar-refractivity contribution in [3.8, 4) is 0 Å². The second kappa shape index (κ2) is 6.16. The van der Waals surface area contributed by atoms with Crippen molar-refractivity contribution in [2.24, 2.45) is 5.10 Å². The first-order valence-electron chi connectivity index (χ1n) is 5.71. The predicted molar refractivity (Wildman–Crippen MR) is 77.3 cm³/mol. The van der Waals surface area contributed by atoms with Crippen molar-refractivity contribution in [1.29, 1.82) is 0 Å². The number of halogens is 2. The molecule has 0 heterocycles. The number of nitrogens with one attached hydrogen (secondary N) is 1. The van der Waals surface area contributed by atoms with E-state index < -0.39 is 11.7 Å². The van der Waals surface area contributed by atoms with Gasteiger partial charge in [-0.05, 0) is 30.3 Å². The number of anilines is 1. The molecule has 0 spiro atoms. The van der Waals surface area contributed by atoms with Crippen molar-refractivity contribution in [3.63, 3.8) is 0 Å². The minimum Gasteiger partial charge on any atom is -0.399 e. The lowest BCUT2D eigenvalue weighted by Crippen LogP contribution is -2.17. The summed E-state index contributed by atoms with van der Waals surface area (Å²) in [5.74, 6) is -0.958. The maximum atomic E-state index is 13.4. The van der Waals surface area contributed by atoms with Crippen LogP contribution >= 0.6 is 11.6 Å². The van der Waals surface area contributed by atoms with E-state index in [-0.39, 0.29) is 10.6 Å². The van der Waals surface area contributed by atoms with E-state index in [0.29, 0.717) is 11.3 Å². The molecule has 0 fully saturated rings. The van der Waals surface area contributed by atoms with Gasteiger partial charge in [0.05, 0.1) is 11.2 Å². The number of hydrogen-bond donors (Lipinski definition) is 2. The van der Waals surface area contributed by atoms with Crippen LogP contribution in [0.5, 0.6) is 0 Å². The maximum Gasteiger partial charge on any atom is 0.271 e. The summed E-state index contributed by atoms with van der Waals surface area (Å²) in [5, 5.41) is 3.89. The third-order valence-electron chi connectivity index (χ3n) is 2.51. The SMILES string of the molecule is Nc1cccc(C(=O)N/N=C\c2c(F)cccc2Cl)c1. The molecule has 20 heavy (non-hydrogen) atoms. The van der Waals surface area contributed by atoms with Crippen LogP contribution in [0.4, 0.5) is 10.1 Å². The average molecular weight is 292 g/mol. The smallest absolute Gasteiger partial charge is 0.271 e. The minimum atomic E-state index is -0.514. The summed E-state index contributed by atoms with van der Waals surface area (Å²) in [6.45, 7) is 0. The molecule has 6 heteroatoms. The molecule has 0 radical (unpaired) electrons. The van der Waals surface area contributed by atoms with E-state index in [9.17, 15) is 9.18 Å². The summed E-state index contributed by atoms with van der Waals surface area (Å²) in [4.78, 5) is 11.7. The van der Waals surface area contributed by atoms with Gasteiger partial charge in [0.15, 0.2) is 0 Å². The average Bonchev–Trinajstić information content (AvgIpc) is 2.42. The summed E-state index contributed by atoms with van der Waals surface area (Å²) in [6.07, 6.45) is 1.15. The van der Waals surface area contributed by atoms with Crippen LogP contribution < -0.4 is 11.2 Å². The Morgan fingerprint density at radius 3 is 2.75 bits per heavy atom. The van der Waals surface area contributed by atoms with Crippen molar-refractivity contribution >= 4 is 29.4 Å². The molecule has 4 nitrogen and oxygen atoms in total. The number of carbonyl (C=O) groups excluding carboxylic acids is 1. The summed E-state index contributed by atoms with van der Waals surface area (Å²) in [5.41, 5.74) is 8.80. The van der Waals surface area contributed by atoms with Crippen LogP contribution in [0.3, 0.4) is 0 Å². The van der Waals surface area contributed by atoms with Crippen LogP contribution in [-0.4, -0.2) is 12.1 Å². The molecule has 0 bridgehead atoms. The van der Waals surface area contributed by atoms with Crippen molar-refractivity contribution in [2.75, 3.05) is 5.73 Å². The number of benzene rings is 2. The van der Waals surface area contributed by atoms with Gasteiger partial charge in [-0.15, -0.1) is 0 Å². The zero-order valence-corrected chi connectivity index (χ0v) is 11.1. The number of nitrogens with two attached hydrogens (primary N) is 1. The number of nitrogen functional groups attached to an aromatic ring is 1. The van der Waals surface area contributed by atoms with Gasteiger partial charge in [0.25, 0.3) is 5.91 Å². The van der Waals surface area contributed by atoms with Crippen LogP contribution in [0.25, 0.3) is 0 Å². The van der Waals surface area contributed by atoms with Crippen molar-refractivity contribution in [3.05, 3.63) is 64.4 Å². The molecule has 2 aromatic rings. The predicted octanol–water partition coefficient (Wildman–Crippen LogP) is 2.83.